The normalized spacial score (nSPS) is 13.4. The number of phenolic OH excluding ortho intramolecular Hbond substituents is 2. The van der Waals surface area contributed by atoms with Crippen molar-refractivity contribution < 1.29 is 34.5 Å². The highest BCUT2D eigenvalue weighted by Crippen LogP contribution is 2.38. The molecule has 1 atom stereocenters. The van der Waals surface area contributed by atoms with Crippen LogP contribution in [0.5, 0.6) is 23.0 Å². The van der Waals surface area contributed by atoms with Crippen LogP contribution in [-0.2, 0) is 11.2 Å². The molecule has 0 amide bonds. The Kier molecular flexibility index (Phi) is 4.05. The van der Waals surface area contributed by atoms with Crippen molar-refractivity contribution in [2.24, 2.45) is 0 Å². The van der Waals surface area contributed by atoms with Gasteiger partial charge in [-0.25, -0.2) is 0 Å². The number of aromatic hydroxyl groups is 2. The number of phenols is 2. The first kappa shape index (κ1) is 16.4. The molecule has 9 nitrogen and oxygen atoms in total. The molecule has 2 aromatic carbocycles. The fourth-order valence-corrected chi connectivity index (χ4v) is 2.62. The topological polar surface area (TPSA) is 139 Å². The predicted octanol–water partition coefficient (Wildman–Crippen LogP) is 2.15. The summed E-state index contributed by atoms with van der Waals surface area (Å²) in [6.07, 6.45) is -0.206. The largest absolute Gasteiger partial charge is 0.508 e. The summed E-state index contributed by atoms with van der Waals surface area (Å²) in [7, 11) is 0. The van der Waals surface area contributed by atoms with Crippen LogP contribution < -0.4 is 9.47 Å². The van der Waals surface area contributed by atoms with E-state index < -0.39 is 34.0 Å². The lowest BCUT2D eigenvalue weighted by atomic mass is 9.91. The number of nitrogens with zero attached hydrogens (tertiary/aromatic N) is 1. The van der Waals surface area contributed by atoms with Crippen molar-refractivity contribution in [3.63, 3.8) is 0 Å². The zero-order valence-electron chi connectivity index (χ0n) is 12.7. The molecule has 0 aromatic heterocycles. The van der Waals surface area contributed by atoms with Crippen molar-refractivity contribution in [3.05, 3.63) is 51.6 Å². The number of hydrogen-bond donors (Lipinski definition) is 3. The maximum Gasteiger partial charge on any atom is 0.311 e. The second kappa shape index (κ2) is 6.19. The molecule has 0 saturated heterocycles. The summed E-state index contributed by atoms with van der Waals surface area (Å²) in [6, 6.07) is 6.44. The van der Waals surface area contributed by atoms with Gasteiger partial charge in [-0.3, -0.25) is 14.9 Å². The number of nitro groups is 1. The standard InChI is InChI=1S/C16H13NO8/c18-12-6-13(19)11(17(22)23)4-9(12)3-10(16(20)21)8-1-2-14-15(5-8)25-7-24-14/h1-2,4-6,10,18-19H,3,7H2,(H,20,21). The van der Waals surface area contributed by atoms with E-state index >= 15 is 0 Å². The minimum absolute atomic E-state index is 0.0366. The molecule has 0 bridgehead atoms. The van der Waals surface area contributed by atoms with Gasteiger partial charge in [-0.15, -0.1) is 0 Å². The highest BCUT2D eigenvalue weighted by molar-refractivity contribution is 5.77. The molecule has 0 fully saturated rings. The van der Waals surface area contributed by atoms with Gasteiger partial charge in [0.1, 0.15) is 5.75 Å². The highest BCUT2D eigenvalue weighted by Gasteiger charge is 2.26. The van der Waals surface area contributed by atoms with Crippen LogP contribution in [-0.4, -0.2) is 33.0 Å². The number of benzene rings is 2. The highest BCUT2D eigenvalue weighted by atomic mass is 16.7. The van der Waals surface area contributed by atoms with E-state index in [0.717, 1.165) is 12.1 Å². The van der Waals surface area contributed by atoms with E-state index in [-0.39, 0.29) is 18.8 Å². The Morgan fingerprint density at radius 2 is 1.88 bits per heavy atom. The number of carboxylic acid groups (broad SMARTS) is 1. The van der Waals surface area contributed by atoms with Gasteiger partial charge in [0.2, 0.25) is 6.79 Å². The quantitative estimate of drug-likeness (QED) is 0.552. The molecule has 3 rings (SSSR count). The molecule has 1 aliphatic heterocycles. The van der Waals surface area contributed by atoms with Gasteiger partial charge in [0.15, 0.2) is 17.2 Å². The van der Waals surface area contributed by atoms with Crippen molar-refractivity contribution in [1.29, 1.82) is 0 Å². The summed E-state index contributed by atoms with van der Waals surface area (Å²) in [6.45, 7) is 0.0431. The average Bonchev–Trinajstić information content (AvgIpc) is 3.00. The molecule has 0 spiro atoms. The van der Waals surface area contributed by atoms with Crippen LogP contribution >= 0.6 is 0 Å². The second-order valence-electron chi connectivity index (χ2n) is 5.43. The van der Waals surface area contributed by atoms with Gasteiger partial charge in [-0.05, 0) is 24.1 Å². The summed E-state index contributed by atoms with van der Waals surface area (Å²) in [5, 5.41) is 39.9. The maximum absolute atomic E-state index is 11.7. The van der Waals surface area contributed by atoms with Crippen LogP contribution in [0.2, 0.25) is 0 Å². The molecule has 1 unspecified atom stereocenters. The van der Waals surface area contributed by atoms with Crippen LogP contribution in [0.4, 0.5) is 5.69 Å². The van der Waals surface area contributed by atoms with Crippen LogP contribution in [0.3, 0.4) is 0 Å². The van der Waals surface area contributed by atoms with Gasteiger partial charge >= 0.3 is 11.7 Å². The molecule has 130 valence electrons. The van der Waals surface area contributed by atoms with Crippen LogP contribution in [0, 0.1) is 10.1 Å². The molecule has 0 aliphatic carbocycles. The fourth-order valence-electron chi connectivity index (χ4n) is 2.62. The van der Waals surface area contributed by atoms with Crippen LogP contribution in [0.15, 0.2) is 30.3 Å². The van der Waals surface area contributed by atoms with Gasteiger partial charge in [0.05, 0.1) is 10.8 Å². The summed E-state index contributed by atoms with van der Waals surface area (Å²) >= 11 is 0. The molecular weight excluding hydrogens is 334 g/mol. The van der Waals surface area contributed by atoms with E-state index in [1.54, 1.807) is 12.1 Å². The summed E-state index contributed by atoms with van der Waals surface area (Å²) in [5.41, 5.74) is -0.177. The monoisotopic (exact) mass is 347 g/mol. The summed E-state index contributed by atoms with van der Waals surface area (Å²) in [5.74, 6) is -2.46. The predicted molar refractivity (Wildman–Crippen MR) is 83.1 cm³/mol. The Bertz CT molecular complexity index is 863. The van der Waals surface area contributed by atoms with E-state index in [0.29, 0.717) is 17.1 Å². The number of carboxylic acids is 1. The molecule has 3 N–H and O–H groups in total. The Balaban J connectivity index is 1.97. The molecule has 25 heavy (non-hydrogen) atoms. The van der Waals surface area contributed by atoms with Gasteiger partial charge in [-0.1, -0.05) is 6.07 Å². The first-order chi connectivity index (χ1) is 11.9. The molecular formula is C16H13NO8. The lowest BCUT2D eigenvalue weighted by Crippen LogP contribution is -2.14. The minimum Gasteiger partial charge on any atom is -0.508 e. The van der Waals surface area contributed by atoms with Crippen molar-refractivity contribution in [2.75, 3.05) is 6.79 Å². The molecule has 1 heterocycles. The minimum atomic E-state index is -1.17. The third-order valence-electron chi connectivity index (χ3n) is 3.89. The van der Waals surface area contributed by atoms with E-state index in [4.69, 9.17) is 9.47 Å². The lowest BCUT2D eigenvalue weighted by molar-refractivity contribution is -0.385. The first-order valence-electron chi connectivity index (χ1n) is 7.18. The zero-order chi connectivity index (χ0) is 18.1. The molecule has 9 heteroatoms. The lowest BCUT2D eigenvalue weighted by Gasteiger charge is -2.14. The Hall–Kier alpha value is -3.49. The van der Waals surface area contributed by atoms with Crippen LogP contribution in [0.1, 0.15) is 17.0 Å². The van der Waals surface area contributed by atoms with E-state index in [1.807, 2.05) is 0 Å². The first-order valence-corrected chi connectivity index (χ1v) is 7.18. The summed E-state index contributed by atoms with van der Waals surface area (Å²) < 4.78 is 10.4. The number of nitro benzene ring substituents is 1. The van der Waals surface area contributed by atoms with Crippen molar-refractivity contribution in [2.45, 2.75) is 12.3 Å². The number of fused-ring (bicyclic) bond motifs is 1. The van der Waals surface area contributed by atoms with Crippen molar-refractivity contribution in [1.82, 2.24) is 0 Å². The third kappa shape index (κ3) is 3.11. The van der Waals surface area contributed by atoms with Crippen molar-refractivity contribution in [3.8, 4) is 23.0 Å². The number of rotatable bonds is 5. The van der Waals surface area contributed by atoms with Crippen LogP contribution in [0.25, 0.3) is 0 Å². The molecule has 0 radical (unpaired) electrons. The second-order valence-corrected chi connectivity index (χ2v) is 5.43. The number of hydrogen-bond acceptors (Lipinski definition) is 7. The summed E-state index contributed by atoms with van der Waals surface area (Å²) in [4.78, 5) is 21.8. The van der Waals surface area contributed by atoms with E-state index in [9.17, 15) is 30.2 Å². The Labute approximate surface area is 140 Å². The van der Waals surface area contributed by atoms with Gasteiger partial charge in [0, 0.05) is 17.7 Å². The van der Waals surface area contributed by atoms with E-state index in [2.05, 4.69) is 0 Å². The smallest absolute Gasteiger partial charge is 0.311 e. The number of ether oxygens (including phenoxy) is 2. The third-order valence-corrected chi connectivity index (χ3v) is 3.89. The molecule has 0 saturated carbocycles. The Morgan fingerprint density at radius 1 is 1.16 bits per heavy atom. The van der Waals surface area contributed by atoms with Gasteiger partial charge in [0.25, 0.3) is 0 Å². The number of aliphatic carboxylic acids is 1. The fraction of sp³-hybridized carbons (Fsp3) is 0.188. The number of carbonyl (C=O) groups is 1. The van der Waals surface area contributed by atoms with Gasteiger partial charge in [-0.2, -0.15) is 0 Å². The van der Waals surface area contributed by atoms with Gasteiger partial charge < -0.3 is 24.8 Å². The zero-order valence-corrected chi connectivity index (χ0v) is 12.7. The molecule has 2 aromatic rings. The molecule has 1 aliphatic rings. The average molecular weight is 347 g/mol. The Morgan fingerprint density at radius 3 is 2.56 bits per heavy atom. The van der Waals surface area contributed by atoms with E-state index in [1.165, 1.54) is 6.07 Å². The maximum atomic E-state index is 11.7. The van der Waals surface area contributed by atoms with Crippen molar-refractivity contribution >= 4 is 11.7 Å². The SMILES string of the molecule is O=C(O)C(Cc1cc([N+](=O)[O-])c(O)cc1O)c1ccc2c(c1)OCO2.